The summed E-state index contributed by atoms with van der Waals surface area (Å²) >= 11 is 7.38. The molecule has 0 amide bonds. The fraction of sp³-hybridized carbons (Fsp3) is 0.190. The molecule has 0 spiro atoms. The van der Waals surface area contributed by atoms with Crippen LogP contribution in [0, 0.1) is 19.7 Å². The third-order valence-electron chi connectivity index (χ3n) is 4.64. The number of nitrogens with zero attached hydrogens (tertiary/aromatic N) is 4. The molecule has 0 fully saturated rings. The van der Waals surface area contributed by atoms with Crippen molar-refractivity contribution >= 4 is 29.1 Å². The van der Waals surface area contributed by atoms with Gasteiger partial charge in [-0.15, -0.1) is 5.10 Å². The van der Waals surface area contributed by atoms with Crippen LogP contribution in [0.1, 0.15) is 28.1 Å². The Morgan fingerprint density at radius 1 is 1.04 bits per heavy atom. The average Bonchev–Trinajstić information content (AvgIpc) is 3.09. The van der Waals surface area contributed by atoms with Crippen LogP contribution in [0.4, 0.5) is 4.39 Å². The van der Waals surface area contributed by atoms with E-state index in [1.165, 1.54) is 17.8 Å². The number of halogens is 2. The maximum absolute atomic E-state index is 13.8. The summed E-state index contributed by atoms with van der Waals surface area (Å²) in [4.78, 5) is 9.12. The van der Waals surface area contributed by atoms with Crippen LogP contribution in [0.15, 0.2) is 53.7 Å². The van der Waals surface area contributed by atoms with E-state index >= 15 is 0 Å². The zero-order chi connectivity index (χ0) is 19.7. The Balaban J connectivity index is 1.61. The molecule has 2 heterocycles. The second-order valence-corrected chi connectivity index (χ2v) is 7.93. The highest BCUT2D eigenvalue weighted by atomic mass is 35.5. The van der Waals surface area contributed by atoms with Gasteiger partial charge in [-0.3, -0.25) is 0 Å². The smallest absolute Gasteiger partial charge is 0.216 e. The molecule has 0 saturated carbocycles. The highest BCUT2D eigenvalue weighted by Crippen LogP contribution is 2.24. The Bertz CT molecular complexity index is 1140. The Hall–Kier alpha value is -2.44. The summed E-state index contributed by atoms with van der Waals surface area (Å²) in [7, 11) is 0. The Morgan fingerprint density at radius 2 is 1.79 bits per heavy atom. The van der Waals surface area contributed by atoms with Crippen molar-refractivity contribution in [3.05, 3.63) is 87.4 Å². The fourth-order valence-electron chi connectivity index (χ4n) is 3.07. The predicted octanol–water partition coefficient (Wildman–Crippen LogP) is 5.42. The number of thioether (sulfide) groups is 1. The van der Waals surface area contributed by atoms with Gasteiger partial charge in [-0.25, -0.2) is 13.9 Å². The number of rotatable bonds is 5. The van der Waals surface area contributed by atoms with Gasteiger partial charge in [0, 0.05) is 28.6 Å². The van der Waals surface area contributed by atoms with Gasteiger partial charge in [0.1, 0.15) is 5.82 Å². The van der Waals surface area contributed by atoms with Crippen molar-refractivity contribution in [2.75, 3.05) is 0 Å². The second kappa shape index (κ2) is 7.89. The number of hydrogen-bond acceptors (Lipinski definition) is 4. The Morgan fingerprint density at radius 3 is 2.54 bits per heavy atom. The van der Waals surface area contributed by atoms with Gasteiger partial charge >= 0.3 is 0 Å². The van der Waals surface area contributed by atoms with Crippen molar-refractivity contribution in [3.63, 3.8) is 0 Å². The average molecular weight is 413 g/mol. The second-order valence-electron chi connectivity index (χ2n) is 6.55. The molecule has 0 N–H and O–H groups in total. The molecule has 7 heteroatoms. The number of aryl methyl sites for hydroxylation is 2. The van der Waals surface area contributed by atoms with E-state index < -0.39 is 0 Å². The fourth-order valence-corrected chi connectivity index (χ4v) is 4.00. The van der Waals surface area contributed by atoms with Crippen molar-refractivity contribution in [2.45, 2.75) is 31.2 Å². The highest BCUT2D eigenvalue weighted by Gasteiger charge is 2.15. The van der Waals surface area contributed by atoms with Gasteiger partial charge in [-0.1, -0.05) is 53.7 Å². The summed E-state index contributed by atoms with van der Waals surface area (Å²) in [5.74, 6) is 0.819. The standard InChI is InChI=1S/C21H18ClFN4S/c1-13-18(11-15-7-9-17(22)10-8-15)14(2)27-20(24-13)25-21(26-27)28-12-16-5-3-4-6-19(16)23/h3-10H,11-12H2,1-2H3. The van der Waals surface area contributed by atoms with Crippen molar-refractivity contribution in [3.8, 4) is 0 Å². The van der Waals surface area contributed by atoms with E-state index in [1.54, 1.807) is 16.6 Å². The first-order chi connectivity index (χ1) is 13.5. The monoisotopic (exact) mass is 412 g/mol. The lowest BCUT2D eigenvalue weighted by Crippen LogP contribution is -2.06. The summed E-state index contributed by atoms with van der Waals surface area (Å²) < 4.78 is 15.6. The molecule has 2 aromatic heterocycles. The quantitative estimate of drug-likeness (QED) is 0.411. The molecule has 0 atom stereocenters. The van der Waals surface area contributed by atoms with Crippen molar-refractivity contribution in [1.82, 2.24) is 19.6 Å². The van der Waals surface area contributed by atoms with Crippen molar-refractivity contribution in [2.24, 2.45) is 0 Å². The number of hydrogen-bond donors (Lipinski definition) is 0. The minimum atomic E-state index is -0.214. The van der Waals surface area contributed by atoms with E-state index in [-0.39, 0.29) is 5.82 Å². The predicted molar refractivity (Wildman–Crippen MR) is 110 cm³/mol. The van der Waals surface area contributed by atoms with Gasteiger partial charge in [0.25, 0.3) is 5.78 Å². The van der Waals surface area contributed by atoms with E-state index in [4.69, 9.17) is 11.6 Å². The van der Waals surface area contributed by atoms with E-state index in [0.29, 0.717) is 22.3 Å². The molecular formula is C21H18ClFN4S. The zero-order valence-electron chi connectivity index (χ0n) is 15.5. The maximum Gasteiger partial charge on any atom is 0.253 e. The number of fused-ring (bicyclic) bond motifs is 1. The van der Waals surface area contributed by atoms with Gasteiger partial charge < -0.3 is 0 Å². The van der Waals surface area contributed by atoms with E-state index in [2.05, 4.69) is 15.1 Å². The van der Waals surface area contributed by atoms with Crippen LogP contribution in [-0.4, -0.2) is 19.6 Å². The van der Waals surface area contributed by atoms with Crippen LogP contribution in [-0.2, 0) is 12.2 Å². The molecule has 4 rings (SSSR count). The Labute approximate surface area is 171 Å². The lowest BCUT2D eigenvalue weighted by molar-refractivity contribution is 0.617. The molecule has 0 aliphatic carbocycles. The topological polar surface area (TPSA) is 43.1 Å². The zero-order valence-corrected chi connectivity index (χ0v) is 17.1. The molecule has 0 aliphatic rings. The molecule has 2 aromatic carbocycles. The normalized spacial score (nSPS) is 11.3. The third kappa shape index (κ3) is 3.88. The van der Waals surface area contributed by atoms with Crippen LogP contribution >= 0.6 is 23.4 Å². The molecule has 0 radical (unpaired) electrons. The molecule has 4 nitrogen and oxygen atoms in total. The third-order valence-corrected chi connectivity index (χ3v) is 5.78. The first-order valence-electron chi connectivity index (χ1n) is 8.85. The molecule has 0 bridgehead atoms. The molecular weight excluding hydrogens is 395 g/mol. The van der Waals surface area contributed by atoms with Crippen LogP contribution in [0.3, 0.4) is 0 Å². The lowest BCUT2D eigenvalue weighted by Gasteiger charge is -2.10. The van der Waals surface area contributed by atoms with Gasteiger partial charge in [0.05, 0.1) is 0 Å². The van der Waals surface area contributed by atoms with Crippen LogP contribution in [0.2, 0.25) is 5.02 Å². The molecule has 0 aliphatic heterocycles. The first kappa shape index (κ1) is 18.9. The lowest BCUT2D eigenvalue weighted by atomic mass is 10.0. The van der Waals surface area contributed by atoms with E-state index in [9.17, 15) is 4.39 Å². The number of aromatic nitrogens is 4. The van der Waals surface area contributed by atoms with Gasteiger partial charge in [-0.2, -0.15) is 4.98 Å². The molecule has 0 saturated heterocycles. The summed E-state index contributed by atoms with van der Waals surface area (Å²) in [6, 6.07) is 14.6. The minimum Gasteiger partial charge on any atom is -0.216 e. The molecule has 0 unspecified atom stereocenters. The van der Waals surface area contributed by atoms with Gasteiger partial charge in [0.15, 0.2) is 0 Å². The SMILES string of the molecule is Cc1nc2nc(SCc3ccccc3F)nn2c(C)c1Cc1ccc(Cl)cc1. The molecule has 142 valence electrons. The number of benzene rings is 2. The highest BCUT2D eigenvalue weighted by molar-refractivity contribution is 7.98. The summed E-state index contributed by atoms with van der Waals surface area (Å²) in [6.45, 7) is 4.01. The van der Waals surface area contributed by atoms with Crippen LogP contribution in [0.25, 0.3) is 5.78 Å². The van der Waals surface area contributed by atoms with E-state index in [0.717, 1.165) is 34.0 Å². The first-order valence-corrected chi connectivity index (χ1v) is 10.2. The van der Waals surface area contributed by atoms with Crippen molar-refractivity contribution in [1.29, 1.82) is 0 Å². The maximum atomic E-state index is 13.8. The summed E-state index contributed by atoms with van der Waals surface area (Å²) in [5, 5.41) is 5.88. The van der Waals surface area contributed by atoms with E-state index in [1.807, 2.05) is 44.2 Å². The summed E-state index contributed by atoms with van der Waals surface area (Å²) in [6.07, 6.45) is 0.745. The molecule has 28 heavy (non-hydrogen) atoms. The minimum absolute atomic E-state index is 0.214. The Kier molecular flexibility index (Phi) is 5.33. The van der Waals surface area contributed by atoms with Crippen LogP contribution < -0.4 is 0 Å². The largest absolute Gasteiger partial charge is 0.253 e. The summed E-state index contributed by atoms with van der Waals surface area (Å²) in [5.41, 5.74) is 4.84. The molecule has 4 aromatic rings. The van der Waals surface area contributed by atoms with Crippen molar-refractivity contribution < 1.29 is 4.39 Å². The van der Waals surface area contributed by atoms with Crippen LogP contribution in [0.5, 0.6) is 0 Å². The van der Waals surface area contributed by atoms with Gasteiger partial charge in [0.2, 0.25) is 5.16 Å². The van der Waals surface area contributed by atoms with Gasteiger partial charge in [-0.05, 0) is 48.7 Å².